The van der Waals surface area contributed by atoms with Crippen LogP contribution in [-0.2, 0) is 17.4 Å². The number of alkyl halides is 3. The predicted molar refractivity (Wildman–Crippen MR) is 117 cm³/mol. The normalized spacial score (nSPS) is 12.9. The van der Waals surface area contributed by atoms with Crippen LogP contribution in [0.5, 0.6) is 0 Å². The molecule has 2 aromatic heterocycles. The SMILES string of the molecule is CC(C)Cc1cc(-c2nc(-c3c(Cl)cc(NS(=O)C(F)(F)F)cc3Cl)cs2)ccn1. The molecular weight excluding hydrogens is 478 g/mol. The standard InChI is InChI=1S/C19H16Cl2F3N3OS2/c1-10(2)5-12-6-11(3-4-25-12)18-26-16(9-29-18)17-14(20)7-13(8-15(17)21)27-30(28)19(22,23)24/h3-4,6-10,27H,5H2,1-2H3. The van der Waals surface area contributed by atoms with Crippen LogP contribution in [0.25, 0.3) is 21.8 Å². The zero-order valence-electron chi connectivity index (χ0n) is 15.8. The van der Waals surface area contributed by atoms with Gasteiger partial charge in [-0.25, -0.2) is 9.19 Å². The maximum atomic E-state index is 12.5. The minimum atomic E-state index is -4.90. The van der Waals surface area contributed by atoms with Crippen LogP contribution >= 0.6 is 34.5 Å². The highest BCUT2D eigenvalue weighted by molar-refractivity contribution is 7.87. The summed E-state index contributed by atoms with van der Waals surface area (Å²) in [5.74, 6) is 0.469. The highest BCUT2D eigenvalue weighted by atomic mass is 35.5. The average Bonchev–Trinajstić information content (AvgIpc) is 3.09. The van der Waals surface area contributed by atoms with E-state index in [0.717, 1.165) is 22.7 Å². The zero-order valence-corrected chi connectivity index (χ0v) is 18.9. The fourth-order valence-corrected chi connectivity index (χ4v) is 4.64. The molecule has 2 heterocycles. The molecule has 3 aromatic rings. The van der Waals surface area contributed by atoms with E-state index in [1.165, 1.54) is 23.5 Å². The molecule has 30 heavy (non-hydrogen) atoms. The van der Waals surface area contributed by atoms with Crippen molar-refractivity contribution < 1.29 is 17.4 Å². The lowest BCUT2D eigenvalue weighted by Gasteiger charge is -2.11. The largest absolute Gasteiger partial charge is 0.490 e. The molecule has 0 saturated carbocycles. The third kappa shape index (κ3) is 5.51. The molecule has 0 spiro atoms. The molecule has 4 nitrogen and oxygen atoms in total. The van der Waals surface area contributed by atoms with E-state index in [4.69, 9.17) is 23.2 Å². The quantitative estimate of drug-likeness (QED) is 0.403. The second-order valence-electron chi connectivity index (χ2n) is 6.80. The molecule has 11 heteroatoms. The number of halogens is 5. The summed E-state index contributed by atoms with van der Waals surface area (Å²) < 4.78 is 50.6. The summed E-state index contributed by atoms with van der Waals surface area (Å²) >= 11 is 13.9. The van der Waals surface area contributed by atoms with E-state index < -0.39 is 16.5 Å². The molecule has 1 aromatic carbocycles. The molecule has 1 unspecified atom stereocenters. The van der Waals surface area contributed by atoms with Gasteiger partial charge in [0.2, 0.25) is 11.0 Å². The van der Waals surface area contributed by atoms with Gasteiger partial charge in [-0.1, -0.05) is 37.0 Å². The predicted octanol–water partition coefficient (Wildman–Crippen LogP) is 6.97. The van der Waals surface area contributed by atoms with Crippen LogP contribution in [0.4, 0.5) is 18.9 Å². The van der Waals surface area contributed by atoms with Crippen molar-refractivity contribution in [3.8, 4) is 21.8 Å². The molecule has 0 radical (unpaired) electrons. The Kier molecular flexibility index (Phi) is 7.06. The summed E-state index contributed by atoms with van der Waals surface area (Å²) in [4.78, 5) is 8.96. The Balaban J connectivity index is 1.89. The van der Waals surface area contributed by atoms with Crippen molar-refractivity contribution in [2.45, 2.75) is 25.8 Å². The zero-order chi connectivity index (χ0) is 22.1. The van der Waals surface area contributed by atoms with Crippen LogP contribution < -0.4 is 4.72 Å². The van der Waals surface area contributed by atoms with Crippen molar-refractivity contribution in [2.24, 2.45) is 5.92 Å². The Hall–Kier alpha value is -1.68. The van der Waals surface area contributed by atoms with Gasteiger partial charge in [0.05, 0.1) is 15.7 Å². The first-order chi connectivity index (χ1) is 14.0. The number of benzene rings is 1. The van der Waals surface area contributed by atoms with Crippen molar-refractivity contribution in [1.29, 1.82) is 0 Å². The second kappa shape index (κ2) is 9.21. The summed E-state index contributed by atoms with van der Waals surface area (Å²) in [6.07, 6.45) is 2.58. The van der Waals surface area contributed by atoms with Crippen LogP contribution in [0.15, 0.2) is 35.8 Å². The monoisotopic (exact) mass is 493 g/mol. The molecule has 0 saturated heterocycles. The highest BCUT2D eigenvalue weighted by Crippen LogP contribution is 2.39. The summed E-state index contributed by atoms with van der Waals surface area (Å²) in [6, 6.07) is 6.30. The highest BCUT2D eigenvalue weighted by Gasteiger charge is 2.37. The number of rotatable bonds is 6. The van der Waals surface area contributed by atoms with Crippen LogP contribution in [0.1, 0.15) is 19.5 Å². The summed E-state index contributed by atoms with van der Waals surface area (Å²) in [5.41, 5.74) is -2.25. The Bertz CT molecular complexity index is 1060. The number of aromatic nitrogens is 2. The van der Waals surface area contributed by atoms with Crippen LogP contribution in [0, 0.1) is 5.92 Å². The van der Waals surface area contributed by atoms with E-state index >= 15 is 0 Å². The average molecular weight is 494 g/mol. The fraction of sp³-hybridized carbons (Fsp3) is 0.263. The van der Waals surface area contributed by atoms with Gasteiger partial charge in [0.15, 0.2) is 0 Å². The maximum absolute atomic E-state index is 12.5. The van der Waals surface area contributed by atoms with Crippen molar-refractivity contribution >= 4 is 51.2 Å². The van der Waals surface area contributed by atoms with Gasteiger partial charge in [-0.15, -0.1) is 11.3 Å². The van der Waals surface area contributed by atoms with Crippen molar-refractivity contribution in [3.63, 3.8) is 0 Å². The molecule has 3 rings (SSSR count). The molecule has 0 aliphatic heterocycles. The van der Waals surface area contributed by atoms with Gasteiger partial charge < -0.3 is 0 Å². The van der Waals surface area contributed by atoms with E-state index in [-0.39, 0.29) is 15.7 Å². The summed E-state index contributed by atoms with van der Waals surface area (Å²) in [5, 5.41) is 2.70. The minimum Gasteiger partial charge on any atom is -0.298 e. The first kappa shape index (κ1) is 23.0. The Labute approximate surface area is 188 Å². The summed E-state index contributed by atoms with van der Waals surface area (Å²) in [7, 11) is -3.27. The Morgan fingerprint density at radius 1 is 1.20 bits per heavy atom. The summed E-state index contributed by atoms with van der Waals surface area (Å²) in [6.45, 7) is 4.23. The molecule has 160 valence electrons. The van der Waals surface area contributed by atoms with E-state index in [9.17, 15) is 17.4 Å². The van der Waals surface area contributed by atoms with Gasteiger partial charge in [-0.05, 0) is 36.6 Å². The van der Waals surface area contributed by atoms with Gasteiger partial charge in [0.25, 0.3) is 0 Å². The van der Waals surface area contributed by atoms with Crippen LogP contribution in [0.3, 0.4) is 0 Å². The van der Waals surface area contributed by atoms with E-state index in [1.54, 1.807) is 11.6 Å². The number of nitrogens with one attached hydrogen (secondary N) is 1. The lowest BCUT2D eigenvalue weighted by molar-refractivity contribution is -0.0379. The van der Waals surface area contributed by atoms with Gasteiger partial charge >= 0.3 is 5.51 Å². The van der Waals surface area contributed by atoms with Crippen molar-refractivity contribution in [2.75, 3.05) is 4.72 Å². The lowest BCUT2D eigenvalue weighted by atomic mass is 10.1. The molecule has 0 aliphatic carbocycles. The van der Waals surface area contributed by atoms with Crippen molar-refractivity contribution in [3.05, 3.63) is 51.6 Å². The van der Waals surface area contributed by atoms with Gasteiger partial charge in [-0.3, -0.25) is 9.71 Å². The minimum absolute atomic E-state index is 0.0937. The lowest BCUT2D eigenvalue weighted by Crippen LogP contribution is -2.22. The van der Waals surface area contributed by atoms with Crippen molar-refractivity contribution in [1.82, 2.24) is 9.97 Å². The number of hydrogen-bond donors (Lipinski definition) is 1. The molecule has 0 amide bonds. The van der Waals surface area contributed by atoms with Crippen LogP contribution in [-0.4, -0.2) is 19.7 Å². The topological polar surface area (TPSA) is 54.9 Å². The fourth-order valence-electron chi connectivity index (χ4n) is 2.70. The number of nitrogens with zero attached hydrogens (tertiary/aromatic N) is 2. The molecular formula is C19H16Cl2F3N3OS2. The van der Waals surface area contributed by atoms with E-state index in [1.807, 2.05) is 16.9 Å². The van der Waals surface area contributed by atoms with Gasteiger partial charge in [0.1, 0.15) is 5.01 Å². The Morgan fingerprint density at radius 3 is 2.47 bits per heavy atom. The van der Waals surface area contributed by atoms with E-state index in [2.05, 4.69) is 23.8 Å². The van der Waals surface area contributed by atoms with Gasteiger partial charge in [0, 0.05) is 34.1 Å². The smallest absolute Gasteiger partial charge is 0.298 e. The Morgan fingerprint density at radius 2 is 1.87 bits per heavy atom. The van der Waals surface area contributed by atoms with E-state index in [0.29, 0.717) is 17.2 Å². The maximum Gasteiger partial charge on any atom is 0.490 e. The third-order valence-electron chi connectivity index (χ3n) is 3.90. The number of anilines is 1. The molecule has 1 N–H and O–H groups in total. The number of hydrogen-bond acceptors (Lipinski definition) is 4. The van der Waals surface area contributed by atoms with Crippen LogP contribution in [0.2, 0.25) is 10.0 Å². The molecule has 1 atom stereocenters. The first-order valence-corrected chi connectivity index (χ1v) is 11.5. The first-order valence-electron chi connectivity index (χ1n) is 8.70. The molecule has 0 bridgehead atoms. The van der Waals surface area contributed by atoms with Gasteiger partial charge in [-0.2, -0.15) is 13.2 Å². The number of pyridine rings is 1. The third-order valence-corrected chi connectivity index (χ3v) is 6.23. The molecule has 0 aliphatic rings. The number of thiazole rings is 1. The second-order valence-corrected chi connectivity index (χ2v) is 9.68. The molecule has 0 fully saturated rings.